The first-order valence-electron chi connectivity index (χ1n) is 7.48. The standard InChI is InChI=1S/C19H24O2S/c1-18(2,3)15-12(17(21)14-8-7-11-22-14)9-10-13(20)16(15)19(4,5)6/h7-11,20H,1-6H3. The minimum Gasteiger partial charge on any atom is -0.508 e. The predicted octanol–water partition coefficient (Wildman–Crippen LogP) is 5.28. The van der Waals surface area contributed by atoms with Gasteiger partial charge in [0.15, 0.2) is 0 Å². The molecule has 0 amide bonds. The maximum Gasteiger partial charge on any atom is 0.203 e. The van der Waals surface area contributed by atoms with Gasteiger partial charge in [0.25, 0.3) is 0 Å². The second kappa shape index (κ2) is 5.54. The van der Waals surface area contributed by atoms with Gasteiger partial charge in [-0.3, -0.25) is 4.79 Å². The number of aromatic hydroxyl groups is 1. The molecule has 3 heteroatoms. The van der Waals surface area contributed by atoms with E-state index >= 15 is 0 Å². The molecule has 0 atom stereocenters. The summed E-state index contributed by atoms with van der Waals surface area (Å²) >= 11 is 1.45. The van der Waals surface area contributed by atoms with Gasteiger partial charge in [-0.2, -0.15) is 0 Å². The first kappa shape index (κ1) is 16.8. The summed E-state index contributed by atoms with van der Waals surface area (Å²) in [5.74, 6) is 0.297. The topological polar surface area (TPSA) is 37.3 Å². The molecule has 1 aromatic carbocycles. The van der Waals surface area contributed by atoms with E-state index in [9.17, 15) is 9.90 Å². The van der Waals surface area contributed by atoms with Gasteiger partial charge in [-0.25, -0.2) is 0 Å². The molecule has 0 unspecified atom stereocenters. The van der Waals surface area contributed by atoms with Crippen LogP contribution in [0, 0.1) is 0 Å². The maximum absolute atomic E-state index is 12.9. The van der Waals surface area contributed by atoms with Crippen LogP contribution < -0.4 is 0 Å². The van der Waals surface area contributed by atoms with Crippen molar-refractivity contribution in [1.29, 1.82) is 0 Å². The fraction of sp³-hybridized carbons (Fsp3) is 0.421. The van der Waals surface area contributed by atoms with Crippen LogP contribution in [0.1, 0.15) is 67.9 Å². The van der Waals surface area contributed by atoms with Crippen LogP contribution in [0.3, 0.4) is 0 Å². The first-order valence-corrected chi connectivity index (χ1v) is 8.36. The Morgan fingerprint density at radius 2 is 1.55 bits per heavy atom. The van der Waals surface area contributed by atoms with Crippen LogP contribution in [0.2, 0.25) is 0 Å². The zero-order valence-corrected chi connectivity index (χ0v) is 15.0. The van der Waals surface area contributed by atoms with Crippen molar-refractivity contribution < 1.29 is 9.90 Å². The summed E-state index contributed by atoms with van der Waals surface area (Å²) in [5, 5.41) is 12.3. The van der Waals surface area contributed by atoms with Crippen molar-refractivity contribution in [3.05, 3.63) is 51.2 Å². The zero-order valence-electron chi connectivity index (χ0n) is 14.2. The molecule has 0 saturated heterocycles. The van der Waals surface area contributed by atoms with Crippen molar-refractivity contribution in [2.45, 2.75) is 52.4 Å². The highest BCUT2D eigenvalue weighted by Gasteiger charge is 2.32. The lowest BCUT2D eigenvalue weighted by Gasteiger charge is -2.32. The molecule has 0 saturated carbocycles. The summed E-state index contributed by atoms with van der Waals surface area (Å²) in [6.45, 7) is 12.5. The quantitative estimate of drug-likeness (QED) is 0.765. The van der Waals surface area contributed by atoms with Crippen molar-refractivity contribution in [1.82, 2.24) is 0 Å². The van der Waals surface area contributed by atoms with E-state index in [2.05, 4.69) is 41.5 Å². The van der Waals surface area contributed by atoms with E-state index < -0.39 is 0 Å². The van der Waals surface area contributed by atoms with Gasteiger partial charge < -0.3 is 5.11 Å². The Bertz CT molecular complexity index is 683. The van der Waals surface area contributed by atoms with E-state index in [0.29, 0.717) is 5.56 Å². The van der Waals surface area contributed by atoms with Crippen LogP contribution >= 0.6 is 11.3 Å². The molecule has 0 radical (unpaired) electrons. The molecule has 1 heterocycles. The number of hydrogen-bond donors (Lipinski definition) is 1. The Morgan fingerprint density at radius 3 is 2.00 bits per heavy atom. The number of phenols is 1. The Labute approximate surface area is 136 Å². The summed E-state index contributed by atoms with van der Waals surface area (Å²) in [5.41, 5.74) is 2.03. The van der Waals surface area contributed by atoms with Gasteiger partial charge in [0.1, 0.15) is 5.75 Å². The highest BCUT2D eigenvalue weighted by Crippen LogP contribution is 2.42. The van der Waals surface area contributed by atoms with Crippen molar-refractivity contribution in [2.24, 2.45) is 0 Å². The van der Waals surface area contributed by atoms with Crippen LogP contribution in [0.5, 0.6) is 5.75 Å². The van der Waals surface area contributed by atoms with Crippen LogP contribution in [-0.2, 0) is 10.8 Å². The van der Waals surface area contributed by atoms with Gasteiger partial charge in [-0.15, -0.1) is 11.3 Å². The van der Waals surface area contributed by atoms with Gasteiger partial charge in [-0.1, -0.05) is 47.6 Å². The second-order valence-electron chi connectivity index (χ2n) is 7.69. The van der Waals surface area contributed by atoms with E-state index in [4.69, 9.17) is 0 Å². The highest BCUT2D eigenvalue weighted by atomic mass is 32.1. The highest BCUT2D eigenvalue weighted by molar-refractivity contribution is 7.12. The number of hydrogen-bond acceptors (Lipinski definition) is 3. The summed E-state index contributed by atoms with van der Waals surface area (Å²) in [6.07, 6.45) is 0. The molecule has 0 aliphatic carbocycles. The van der Waals surface area contributed by atoms with Crippen LogP contribution in [-0.4, -0.2) is 10.9 Å². The van der Waals surface area contributed by atoms with E-state index in [0.717, 1.165) is 16.0 Å². The molecule has 22 heavy (non-hydrogen) atoms. The molecular formula is C19H24O2S. The Kier molecular flexibility index (Phi) is 4.22. The van der Waals surface area contributed by atoms with E-state index in [1.807, 2.05) is 17.5 Å². The molecule has 2 rings (SSSR count). The van der Waals surface area contributed by atoms with Crippen LogP contribution in [0.4, 0.5) is 0 Å². The number of phenolic OH excluding ortho intramolecular Hbond substituents is 1. The molecule has 2 aromatic rings. The van der Waals surface area contributed by atoms with Crippen LogP contribution in [0.25, 0.3) is 0 Å². The summed E-state index contributed by atoms with van der Waals surface area (Å²) in [7, 11) is 0. The monoisotopic (exact) mass is 316 g/mol. The second-order valence-corrected chi connectivity index (χ2v) is 8.64. The lowest BCUT2D eigenvalue weighted by molar-refractivity contribution is 0.104. The summed E-state index contributed by atoms with van der Waals surface area (Å²) in [6, 6.07) is 7.15. The largest absolute Gasteiger partial charge is 0.508 e. The Balaban J connectivity index is 2.78. The van der Waals surface area contributed by atoms with Gasteiger partial charge in [0, 0.05) is 11.1 Å². The lowest BCUT2D eigenvalue weighted by Crippen LogP contribution is -2.25. The average Bonchev–Trinajstić information content (AvgIpc) is 2.88. The molecule has 118 valence electrons. The maximum atomic E-state index is 12.9. The molecule has 1 N–H and O–H groups in total. The van der Waals surface area contributed by atoms with Gasteiger partial charge in [0.05, 0.1) is 4.88 Å². The zero-order chi connectivity index (χ0) is 16.7. The Hall–Kier alpha value is -1.61. The van der Waals surface area contributed by atoms with Crippen molar-refractivity contribution in [3.63, 3.8) is 0 Å². The normalized spacial score (nSPS) is 12.5. The molecule has 0 fully saturated rings. The minimum atomic E-state index is -0.238. The molecule has 1 aromatic heterocycles. The van der Waals surface area contributed by atoms with Crippen LogP contribution in [0.15, 0.2) is 29.6 Å². The molecule has 0 aliphatic rings. The third-order valence-electron chi connectivity index (χ3n) is 3.67. The summed E-state index contributed by atoms with van der Waals surface area (Å²) in [4.78, 5) is 13.6. The van der Waals surface area contributed by atoms with Gasteiger partial charge in [-0.05, 0) is 40.0 Å². The van der Waals surface area contributed by atoms with Crippen molar-refractivity contribution >= 4 is 17.1 Å². The SMILES string of the molecule is CC(C)(C)c1c(O)ccc(C(=O)c2cccs2)c1C(C)(C)C. The number of benzene rings is 1. The number of thiophene rings is 1. The van der Waals surface area contributed by atoms with Crippen molar-refractivity contribution in [3.8, 4) is 5.75 Å². The molecule has 0 bridgehead atoms. The number of ketones is 1. The van der Waals surface area contributed by atoms with Crippen molar-refractivity contribution in [2.75, 3.05) is 0 Å². The fourth-order valence-electron chi connectivity index (χ4n) is 2.86. The Morgan fingerprint density at radius 1 is 0.955 bits per heavy atom. The number of rotatable bonds is 2. The lowest BCUT2D eigenvalue weighted by atomic mass is 9.72. The molecule has 0 aliphatic heterocycles. The first-order chi connectivity index (χ1) is 10.0. The number of carbonyl (C=O) groups excluding carboxylic acids is 1. The average molecular weight is 316 g/mol. The van der Waals surface area contributed by atoms with E-state index in [1.54, 1.807) is 12.1 Å². The van der Waals surface area contributed by atoms with E-state index in [-0.39, 0.29) is 22.4 Å². The van der Waals surface area contributed by atoms with Gasteiger partial charge in [0.2, 0.25) is 5.78 Å². The molecule has 2 nitrogen and oxygen atoms in total. The predicted molar refractivity (Wildman–Crippen MR) is 93.3 cm³/mol. The van der Waals surface area contributed by atoms with E-state index in [1.165, 1.54) is 11.3 Å². The van der Waals surface area contributed by atoms with Gasteiger partial charge >= 0.3 is 0 Å². The number of carbonyl (C=O) groups is 1. The fourth-order valence-corrected chi connectivity index (χ4v) is 3.54. The molecular weight excluding hydrogens is 292 g/mol. The third-order valence-corrected chi connectivity index (χ3v) is 4.54. The molecule has 0 spiro atoms. The minimum absolute atomic E-state index is 0.0328. The third kappa shape index (κ3) is 3.09. The smallest absolute Gasteiger partial charge is 0.203 e. The summed E-state index contributed by atoms with van der Waals surface area (Å²) < 4.78 is 0.